The van der Waals surface area contributed by atoms with Gasteiger partial charge in [0.05, 0.1) is 5.56 Å². The highest BCUT2D eigenvalue weighted by Gasteiger charge is 2.29. The van der Waals surface area contributed by atoms with Crippen molar-refractivity contribution in [2.45, 2.75) is 31.8 Å². The summed E-state index contributed by atoms with van der Waals surface area (Å²) in [7, 11) is 0. The molecule has 0 fully saturated rings. The molecule has 1 aliphatic heterocycles. The number of aromatic nitrogens is 3. The third-order valence-electron chi connectivity index (χ3n) is 4.15. The third-order valence-corrected chi connectivity index (χ3v) is 4.15. The van der Waals surface area contributed by atoms with Crippen molar-refractivity contribution >= 4 is 5.91 Å². The molecule has 0 bridgehead atoms. The molecule has 1 aliphatic rings. The summed E-state index contributed by atoms with van der Waals surface area (Å²) in [6.07, 6.45) is 14.2. The molecule has 5 heteroatoms. The van der Waals surface area contributed by atoms with Crippen LogP contribution in [0, 0.1) is 0 Å². The summed E-state index contributed by atoms with van der Waals surface area (Å²) in [5.74, 6) is 0.519. The summed E-state index contributed by atoms with van der Waals surface area (Å²) in [6, 6.07) is 3.91. The Morgan fingerprint density at radius 3 is 2.83 bits per heavy atom. The normalized spacial score (nSPS) is 20.0. The third kappa shape index (κ3) is 3.25. The fourth-order valence-electron chi connectivity index (χ4n) is 2.96. The van der Waals surface area contributed by atoms with E-state index in [-0.39, 0.29) is 18.0 Å². The maximum Gasteiger partial charge on any atom is 0.257 e. The minimum absolute atomic E-state index is 0.0450. The zero-order valence-electron chi connectivity index (χ0n) is 13.7. The van der Waals surface area contributed by atoms with Crippen LogP contribution in [0.4, 0.5) is 0 Å². The van der Waals surface area contributed by atoms with Gasteiger partial charge in [0, 0.05) is 42.4 Å². The van der Waals surface area contributed by atoms with Crippen molar-refractivity contribution in [2.24, 2.45) is 0 Å². The second kappa shape index (κ2) is 7.17. The van der Waals surface area contributed by atoms with E-state index in [1.807, 2.05) is 30.0 Å². The van der Waals surface area contributed by atoms with E-state index in [1.54, 1.807) is 24.8 Å². The number of hydrogen-bond acceptors (Lipinski definition) is 4. The van der Waals surface area contributed by atoms with Gasteiger partial charge in [0.25, 0.3) is 5.91 Å². The fraction of sp³-hybridized carbons (Fsp3) is 0.263. The minimum Gasteiger partial charge on any atom is -0.329 e. The number of carbonyl (C=O) groups is 1. The Bertz CT molecular complexity index is 740. The Morgan fingerprint density at radius 1 is 1.38 bits per heavy atom. The second-order valence-electron chi connectivity index (χ2n) is 5.83. The van der Waals surface area contributed by atoms with Gasteiger partial charge in [-0.2, -0.15) is 0 Å². The van der Waals surface area contributed by atoms with Crippen molar-refractivity contribution in [1.82, 2.24) is 19.9 Å². The molecule has 1 amide bonds. The Kier molecular flexibility index (Phi) is 4.79. The van der Waals surface area contributed by atoms with Gasteiger partial charge in [-0.3, -0.25) is 9.78 Å². The number of pyridine rings is 1. The van der Waals surface area contributed by atoms with E-state index in [1.165, 1.54) is 0 Å². The Labute approximate surface area is 141 Å². The lowest BCUT2D eigenvalue weighted by molar-refractivity contribution is 0.0621. The van der Waals surface area contributed by atoms with Crippen LogP contribution in [0.3, 0.4) is 0 Å². The summed E-state index contributed by atoms with van der Waals surface area (Å²) < 4.78 is 0. The lowest BCUT2D eigenvalue weighted by Crippen LogP contribution is -2.46. The van der Waals surface area contributed by atoms with Gasteiger partial charge in [-0.25, -0.2) is 9.97 Å². The predicted molar refractivity (Wildman–Crippen MR) is 93.3 cm³/mol. The molecule has 2 atom stereocenters. The van der Waals surface area contributed by atoms with Gasteiger partial charge in [-0.1, -0.05) is 18.2 Å². The second-order valence-corrected chi connectivity index (χ2v) is 5.83. The van der Waals surface area contributed by atoms with E-state index < -0.39 is 0 Å². The quantitative estimate of drug-likeness (QED) is 0.811. The number of amides is 1. The molecule has 24 heavy (non-hydrogen) atoms. The van der Waals surface area contributed by atoms with E-state index >= 15 is 0 Å². The molecule has 2 aromatic rings. The van der Waals surface area contributed by atoms with Crippen LogP contribution >= 0.6 is 0 Å². The van der Waals surface area contributed by atoms with E-state index in [0.717, 1.165) is 18.4 Å². The first-order chi connectivity index (χ1) is 11.7. The predicted octanol–water partition coefficient (Wildman–Crippen LogP) is 3.27. The average Bonchev–Trinajstić information content (AvgIpc) is 2.63. The lowest BCUT2D eigenvalue weighted by Gasteiger charge is -2.37. The molecule has 0 radical (unpaired) electrons. The van der Waals surface area contributed by atoms with Gasteiger partial charge in [0.1, 0.15) is 0 Å². The van der Waals surface area contributed by atoms with Gasteiger partial charge in [-0.15, -0.1) is 6.58 Å². The Hall–Kier alpha value is -2.82. The highest BCUT2D eigenvalue weighted by atomic mass is 16.2. The van der Waals surface area contributed by atoms with Crippen molar-refractivity contribution in [3.63, 3.8) is 0 Å². The van der Waals surface area contributed by atoms with Crippen molar-refractivity contribution in [2.75, 3.05) is 0 Å². The SMILES string of the molecule is C=CC[C@@H]1CC=C[C@@H](C)N1C(=O)c1cnc(-c2cccnc2)nc1. The van der Waals surface area contributed by atoms with Crippen LogP contribution < -0.4 is 0 Å². The molecule has 0 unspecified atom stereocenters. The molecule has 5 nitrogen and oxygen atoms in total. The smallest absolute Gasteiger partial charge is 0.257 e. The molecule has 2 aromatic heterocycles. The van der Waals surface area contributed by atoms with Crippen LogP contribution in [0.1, 0.15) is 30.1 Å². The average molecular weight is 320 g/mol. The van der Waals surface area contributed by atoms with Crippen LogP contribution in [-0.4, -0.2) is 37.8 Å². The molecular weight excluding hydrogens is 300 g/mol. The summed E-state index contributed by atoms with van der Waals surface area (Å²) in [5.41, 5.74) is 1.33. The molecule has 3 heterocycles. The number of rotatable bonds is 4. The van der Waals surface area contributed by atoms with E-state index in [9.17, 15) is 4.79 Å². The Morgan fingerprint density at radius 2 is 2.17 bits per heavy atom. The molecular formula is C19H20N4O. The van der Waals surface area contributed by atoms with Gasteiger partial charge < -0.3 is 4.90 Å². The highest BCUT2D eigenvalue weighted by Crippen LogP contribution is 2.23. The van der Waals surface area contributed by atoms with Gasteiger partial charge >= 0.3 is 0 Å². The lowest BCUT2D eigenvalue weighted by atomic mass is 9.99. The number of hydrogen-bond donors (Lipinski definition) is 0. The molecule has 0 saturated carbocycles. The molecule has 122 valence electrons. The Balaban J connectivity index is 1.84. The molecule has 0 spiro atoms. The number of carbonyl (C=O) groups excluding carboxylic acids is 1. The molecule has 3 rings (SSSR count). The number of nitrogens with zero attached hydrogens (tertiary/aromatic N) is 4. The topological polar surface area (TPSA) is 59.0 Å². The molecule has 0 saturated heterocycles. The molecule has 0 aliphatic carbocycles. The monoisotopic (exact) mass is 320 g/mol. The molecule has 0 aromatic carbocycles. The first-order valence-electron chi connectivity index (χ1n) is 8.03. The van der Waals surface area contributed by atoms with Crippen molar-refractivity contribution < 1.29 is 4.79 Å². The zero-order chi connectivity index (χ0) is 16.9. The molecule has 0 N–H and O–H groups in total. The van der Waals surface area contributed by atoms with E-state index in [4.69, 9.17) is 0 Å². The summed E-state index contributed by atoms with van der Waals surface area (Å²) >= 11 is 0. The van der Waals surface area contributed by atoms with E-state index in [2.05, 4.69) is 33.7 Å². The summed E-state index contributed by atoms with van der Waals surface area (Å²) in [4.78, 5) is 27.5. The summed E-state index contributed by atoms with van der Waals surface area (Å²) in [5, 5.41) is 0. The highest BCUT2D eigenvalue weighted by molar-refractivity contribution is 5.94. The van der Waals surface area contributed by atoms with Crippen molar-refractivity contribution in [3.05, 3.63) is 67.3 Å². The maximum absolute atomic E-state index is 12.9. The maximum atomic E-state index is 12.9. The first kappa shape index (κ1) is 16.1. The van der Waals surface area contributed by atoms with Crippen LogP contribution in [0.5, 0.6) is 0 Å². The van der Waals surface area contributed by atoms with Crippen LogP contribution in [-0.2, 0) is 0 Å². The van der Waals surface area contributed by atoms with Crippen LogP contribution in [0.2, 0.25) is 0 Å². The van der Waals surface area contributed by atoms with Crippen molar-refractivity contribution in [1.29, 1.82) is 0 Å². The van der Waals surface area contributed by atoms with Gasteiger partial charge in [-0.05, 0) is 31.9 Å². The first-order valence-corrected chi connectivity index (χ1v) is 8.03. The minimum atomic E-state index is -0.0450. The largest absolute Gasteiger partial charge is 0.329 e. The van der Waals surface area contributed by atoms with Gasteiger partial charge in [0.2, 0.25) is 0 Å². The van der Waals surface area contributed by atoms with Crippen LogP contribution in [0.25, 0.3) is 11.4 Å². The van der Waals surface area contributed by atoms with Crippen molar-refractivity contribution in [3.8, 4) is 11.4 Å². The van der Waals surface area contributed by atoms with Crippen LogP contribution in [0.15, 0.2) is 61.7 Å². The van der Waals surface area contributed by atoms with E-state index in [0.29, 0.717) is 11.4 Å². The standard InChI is InChI=1S/C19H20N4O/c1-3-6-17-9-4-7-14(2)23(17)19(24)16-12-21-18(22-13-16)15-8-5-10-20-11-15/h3-5,7-8,10-14,17H,1,6,9H2,2H3/t14-,17-/m1/s1. The summed E-state index contributed by atoms with van der Waals surface area (Å²) in [6.45, 7) is 5.82. The fourth-order valence-corrected chi connectivity index (χ4v) is 2.96. The zero-order valence-corrected chi connectivity index (χ0v) is 13.7. The van der Waals surface area contributed by atoms with Gasteiger partial charge in [0.15, 0.2) is 5.82 Å².